The highest BCUT2D eigenvalue weighted by Crippen LogP contribution is 2.13. The van der Waals surface area contributed by atoms with E-state index in [9.17, 15) is 0 Å². The molecule has 0 saturated carbocycles. The average molecular weight is 349 g/mol. The van der Waals surface area contributed by atoms with E-state index in [0.29, 0.717) is 12.5 Å². The first-order chi connectivity index (χ1) is 11.6. The smallest absolute Gasteiger partial charge is 0.191 e. The Labute approximate surface area is 148 Å². The maximum absolute atomic E-state index is 4.44. The molecule has 0 unspecified atom stereocenters. The number of thiazole rings is 1. The Morgan fingerprint density at radius 2 is 2.17 bits per heavy atom. The van der Waals surface area contributed by atoms with Crippen molar-refractivity contribution in [3.05, 3.63) is 34.3 Å². The topological polar surface area (TPSA) is 67.1 Å². The predicted molar refractivity (Wildman–Crippen MR) is 100 cm³/mol. The van der Waals surface area contributed by atoms with Crippen LogP contribution in [0, 0.1) is 5.92 Å². The molecule has 0 aliphatic carbocycles. The standard InChI is InChI=1S/C17H28N6S/c1-5-14-10-21-16(24-14)6-7-20-17(18-4)22-11-15-19-8-9-23(15)12-13(2)3/h8-10,13H,5-7,11-12H2,1-4H3,(H2,18,20,22). The third-order valence-corrected chi connectivity index (χ3v) is 4.78. The fourth-order valence-electron chi connectivity index (χ4n) is 2.37. The number of nitrogens with zero attached hydrogens (tertiary/aromatic N) is 4. The number of rotatable bonds is 8. The second-order valence-corrected chi connectivity index (χ2v) is 7.27. The lowest BCUT2D eigenvalue weighted by Gasteiger charge is -2.13. The van der Waals surface area contributed by atoms with Crippen LogP contribution >= 0.6 is 11.3 Å². The van der Waals surface area contributed by atoms with Crippen molar-refractivity contribution in [3.8, 4) is 0 Å². The highest BCUT2D eigenvalue weighted by Gasteiger charge is 2.06. The molecule has 2 N–H and O–H groups in total. The molecular formula is C17H28N6S. The number of imidazole rings is 1. The summed E-state index contributed by atoms with van der Waals surface area (Å²) < 4.78 is 2.19. The molecule has 0 radical (unpaired) electrons. The van der Waals surface area contributed by atoms with E-state index >= 15 is 0 Å². The van der Waals surface area contributed by atoms with Crippen LogP contribution in [0.4, 0.5) is 0 Å². The molecule has 2 rings (SSSR count). The number of hydrogen-bond donors (Lipinski definition) is 2. The summed E-state index contributed by atoms with van der Waals surface area (Å²) in [6, 6.07) is 0. The molecule has 0 spiro atoms. The Hall–Kier alpha value is -1.89. The number of aryl methyl sites for hydroxylation is 1. The molecule has 0 fully saturated rings. The number of aromatic nitrogens is 3. The molecule has 2 heterocycles. The van der Waals surface area contributed by atoms with Crippen LogP contribution in [0.5, 0.6) is 0 Å². The molecule has 0 amide bonds. The van der Waals surface area contributed by atoms with Crippen molar-refractivity contribution in [1.29, 1.82) is 0 Å². The first-order valence-electron chi connectivity index (χ1n) is 8.50. The van der Waals surface area contributed by atoms with Gasteiger partial charge in [0.15, 0.2) is 5.96 Å². The molecule has 7 heteroatoms. The fraction of sp³-hybridized carbons (Fsp3) is 0.588. The average Bonchev–Trinajstić information content (AvgIpc) is 3.19. The first-order valence-corrected chi connectivity index (χ1v) is 9.32. The molecule has 0 bridgehead atoms. The van der Waals surface area contributed by atoms with Crippen LogP contribution < -0.4 is 10.6 Å². The minimum atomic E-state index is 0.599. The van der Waals surface area contributed by atoms with Gasteiger partial charge in [0.1, 0.15) is 5.82 Å². The van der Waals surface area contributed by atoms with Crippen LogP contribution in [-0.4, -0.2) is 34.1 Å². The van der Waals surface area contributed by atoms with Crippen LogP contribution in [-0.2, 0) is 25.9 Å². The second kappa shape index (κ2) is 9.42. The van der Waals surface area contributed by atoms with E-state index in [-0.39, 0.29) is 0 Å². The predicted octanol–water partition coefficient (Wildman–Crippen LogP) is 2.47. The van der Waals surface area contributed by atoms with Crippen molar-refractivity contribution in [3.63, 3.8) is 0 Å². The Bertz CT molecular complexity index is 643. The quantitative estimate of drug-likeness (QED) is 0.568. The van der Waals surface area contributed by atoms with Crippen molar-refractivity contribution < 1.29 is 0 Å². The number of nitrogens with one attached hydrogen (secondary N) is 2. The maximum Gasteiger partial charge on any atom is 0.191 e. The molecule has 0 saturated heterocycles. The van der Waals surface area contributed by atoms with Gasteiger partial charge >= 0.3 is 0 Å². The summed E-state index contributed by atoms with van der Waals surface area (Å²) in [7, 11) is 1.79. The van der Waals surface area contributed by atoms with E-state index in [4.69, 9.17) is 0 Å². The summed E-state index contributed by atoms with van der Waals surface area (Å²) in [5.74, 6) is 2.42. The zero-order valence-electron chi connectivity index (χ0n) is 15.0. The van der Waals surface area contributed by atoms with Gasteiger partial charge in [-0.05, 0) is 12.3 Å². The van der Waals surface area contributed by atoms with Gasteiger partial charge in [-0.15, -0.1) is 11.3 Å². The Balaban J connectivity index is 1.77. The monoisotopic (exact) mass is 348 g/mol. The zero-order valence-corrected chi connectivity index (χ0v) is 15.9. The molecular weight excluding hydrogens is 320 g/mol. The minimum Gasteiger partial charge on any atom is -0.356 e. The molecule has 24 heavy (non-hydrogen) atoms. The Morgan fingerprint density at radius 1 is 1.33 bits per heavy atom. The fourth-order valence-corrected chi connectivity index (χ4v) is 3.23. The summed E-state index contributed by atoms with van der Waals surface area (Å²) in [5.41, 5.74) is 0. The molecule has 2 aromatic heterocycles. The summed E-state index contributed by atoms with van der Waals surface area (Å²) in [6.07, 6.45) is 7.82. The molecule has 0 aliphatic heterocycles. The third-order valence-electron chi connectivity index (χ3n) is 3.58. The third kappa shape index (κ3) is 5.63. The lowest BCUT2D eigenvalue weighted by molar-refractivity contribution is 0.503. The lowest BCUT2D eigenvalue weighted by Crippen LogP contribution is -2.38. The minimum absolute atomic E-state index is 0.599. The van der Waals surface area contributed by atoms with Gasteiger partial charge < -0.3 is 15.2 Å². The summed E-state index contributed by atoms with van der Waals surface area (Å²) >= 11 is 1.79. The first kappa shape index (κ1) is 18.4. The van der Waals surface area contributed by atoms with E-state index in [1.54, 1.807) is 18.4 Å². The summed E-state index contributed by atoms with van der Waals surface area (Å²) in [4.78, 5) is 14.5. The van der Waals surface area contributed by atoms with Crippen LogP contribution in [0.25, 0.3) is 0 Å². The normalized spacial score (nSPS) is 12.0. The lowest BCUT2D eigenvalue weighted by atomic mass is 10.2. The SMILES string of the molecule is CCc1cnc(CCNC(=NC)NCc2nccn2CC(C)C)s1. The van der Waals surface area contributed by atoms with E-state index in [1.807, 2.05) is 18.6 Å². The summed E-state index contributed by atoms with van der Waals surface area (Å²) in [5, 5.41) is 7.83. The molecule has 132 valence electrons. The molecule has 6 nitrogen and oxygen atoms in total. The number of hydrogen-bond acceptors (Lipinski definition) is 4. The Morgan fingerprint density at radius 3 is 2.83 bits per heavy atom. The van der Waals surface area contributed by atoms with Gasteiger partial charge in [0.05, 0.1) is 11.6 Å². The van der Waals surface area contributed by atoms with E-state index in [1.165, 1.54) is 9.88 Å². The highest BCUT2D eigenvalue weighted by atomic mass is 32.1. The van der Waals surface area contributed by atoms with Crippen molar-refractivity contribution in [2.45, 2.75) is 46.7 Å². The molecule has 0 aliphatic rings. The molecule has 0 atom stereocenters. The molecule has 2 aromatic rings. The van der Waals surface area contributed by atoms with Crippen LogP contribution in [0.3, 0.4) is 0 Å². The highest BCUT2D eigenvalue weighted by molar-refractivity contribution is 7.11. The van der Waals surface area contributed by atoms with Gasteiger partial charge in [0.2, 0.25) is 0 Å². The van der Waals surface area contributed by atoms with E-state index in [2.05, 4.69) is 50.9 Å². The van der Waals surface area contributed by atoms with Gasteiger partial charge in [-0.2, -0.15) is 0 Å². The van der Waals surface area contributed by atoms with Crippen molar-refractivity contribution >= 4 is 17.3 Å². The van der Waals surface area contributed by atoms with Crippen LogP contribution in [0.1, 0.15) is 36.5 Å². The van der Waals surface area contributed by atoms with Crippen molar-refractivity contribution in [1.82, 2.24) is 25.2 Å². The van der Waals surface area contributed by atoms with Gasteiger partial charge in [0.25, 0.3) is 0 Å². The summed E-state index contributed by atoms with van der Waals surface area (Å²) in [6.45, 7) is 9.03. The maximum atomic E-state index is 4.44. The zero-order chi connectivity index (χ0) is 17.4. The van der Waals surface area contributed by atoms with E-state index in [0.717, 1.165) is 37.7 Å². The molecule has 0 aromatic carbocycles. The van der Waals surface area contributed by atoms with Crippen molar-refractivity contribution in [2.75, 3.05) is 13.6 Å². The second-order valence-electron chi connectivity index (χ2n) is 6.07. The van der Waals surface area contributed by atoms with Crippen molar-refractivity contribution in [2.24, 2.45) is 10.9 Å². The Kier molecular flexibility index (Phi) is 7.24. The van der Waals surface area contributed by atoms with Gasteiger partial charge in [-0.25, -0.2) is 9.97 Å². The van der Waals surface area contributed by atoms with Crippen LogP contribution in [0.15, 0.2) is 23.6 Å². The van der Waals surface area contributed by atoms with E-state index < -0.39 is 0 Å². The largest absolute Gasteiger partial charge is 0.356 e. The number of guanidine groups is 1. The van der Waals surface area contributed by atoms with Gasteiger partial charge in [-0.1, -0.05) is 20.8 Å². The van der Waals surface area contributed by atoms with Gasteiger partial charge in [-0.3, -0.25) is 4.99 Å². The van der Waals surface area contributed by atoms with Gasteiger partial charge in [0, 0.05) is 50.0 Å². The van der Waals surface area contributed by atoms with Crippen LogP contribution in [0.2, 0.25) is 0 Å². The number of aliphatic imine (C=N–C) groups is 1.